The molecule has 0 fully saturated rings. The number of amides is 1. The molecular formula is C16H13F3N4O. The number of pyridine rings is 1. The maximum Gasteiger partial charge on any atom is 0.417 e. The van der Waals surface area contributed by atoms with E-state index in [2.05, 4.69) is 15.4 Å². The van der Waals surface area contributed by atoms with Crippen molar-refractivity contribution in [3.05, 3.63) is 47.7 Å². The van der Waals surface area contributed by atoms with Crippen LogP contribution in [0.15, 0.2) is 36.5 Å². The molecule has 1 amide bonds. The smallest absolute Gasteiger partial charge is 0.355 e. The van der Waals surface area contributed by atoms with E-state index in [9.17, 15) is 18.0 Å². The van der Waals surface area contributed by atoms with Crippen LogP contribution in [0, 0.1) is 0 Å². The molecule has 0 saturated heterocycles. The molecule has 0 aliphatic carbocycles. The number of benzene rings is 1. The number of carbonyl (C=O) groups excluding carboxylic acids is 1. The third-order valence-corrected chi connectivity index (χ3v) is 3.69. The Balaban J connectivity index is 2.32. The van der Waals surface area contributed by atoms with Crippen LogP contribution in [0.2, 0.25) is 0 Å². The molecule has 0 spiro atoms. The van der Waals surface area contributed by atoms with E-state index in [1.54, 1.807) is 7.05 Å². The second kappa shape index (κ2) is 5.63. The zero-order valence-corrected chi connectivity index (χ0v) is 12.8. The minimum absolute atomic E-state index is 0.0672. The maximum atomic E-state index is 13.3. The van der Waals surface area contributed by atoms with Crippen LogP contribution in [-0.4, -0.2) is 27.7 Å². The standard InChI is InChI=1S/C16H13F3N4O/c1-20-15(24)10-7-13(22-14-11(10)8-21-23(14)2)9-5-3-4-6-12(9)16(17,18)19/h3-8H,1-2H3,(H,20,24). The minimum atomic E-state index is -4.52. The fourth-order valence-corrected chi connectivity index (χ4v) is 2.53. The molecule has 0 saturated carbocycles. The fourth-order valence-electron chi connectivity index (χ4n) is 2.53. The van der Waals surface area contributed by atoms with E-state index in [1.807, 2.05) is 0 Å². The molecule has 1 aromatic carbocycles. The summed E-state index contributed by atoms with van der Waals surface area (Å²) in [6.45, 7) is 0. The molecule has 8 heteroatoms. The van der Waals surface area contributed by atoms with Crippen molar-refractivity contribution in [3.63, 3.8) is 0 Å². The number of rotatable bonds is 2. The highest BCUT2D eigenvalue weighted by Gasteiger charge is 2.34. The van der Waals surface area contributed by atoms with Crippen molar-refractivity contribution in [1.29, 1.82) is 0 Å². The zero-order chi connectivity index (χ0) is 17.5. The first-order valence-corrected chi connectivity index (χ1v) is 7.04. The Morgan fingerprint density at radius 3 is 2.62 bits per heavy atom. The third-order valence-electron chi connectivity index (χ3n) is 3.69. The Morgan fingerprint density at radius 1 is 1.25 bits per heavy atom. The van der Waals surface area contributed by atoms with Crippen LogP contribution in [0.25, 0.3) is 22.3 Å². The highest BCUT2D eigenvalue weighted by Crippen LogP contribution is 2.37. The van der Waals surface area contributed by atoms with E-state index in [0.29, 0.717) is 11.0 Å². The van der Waals surface area contributed by atoms with Gasteiger partial charge in [0.25, 0.3) is 5.91 Å². The van der Waals surface area contributed by atoms with Crippen LogP contribution in [0.3, 0.4) is 0 Å². The van der Waals surface area contributed by atoms with E-state index in [1.165, 1.54) is 42.2 Å². The predicted molar refractivity (Wildman–Crippen MR) is 82.3 cm³/mol. The number of carbonyl (C=O) groups is 1. The minimum Gasteiger partial charge on any atom is -0.355 e. The van der Waals surface area contributed by atoms with Crippen LogP contribution < -0.4 is 5.32 Å². The van der Waals surface area contributed by atoms with Gasteiger partial charge < -0.3 is 5.32 Å². The van der Waals surface area contributed by atoms with Gasteiger partial charge in [-0.1, -0.05) is 18.2 Å². The van der Waals surface area contributed by atoms with E-state index >= 15 is 0 Å². The summed E-state index contributed by atoms with van der Waals surface area (Å²) in [5.41, 5.74) is -0.261. The van der Waals surface area contributed by atoms with Crippen LogP contribution in [0.5, 0.6) is 0 Å². The van der Waals surface area contributed by atoms with Crippen molar-refractivity contribution in [1.82, 2.24) is 20.1 Å². The van der Waals surface area contributed by atoms with Crippen LogP contribution >= 0.6 is 0 Å². The van der Waals surface area contributed by atoms with Gasteiger partial charge in [-0.3, -0.25) is 9.48 Å². The molecule has 5 nitrogen and oxygen atoms in total. The maximum absolute atomic E-state index is 13.3. The second-order valence-corrected chi connectivity index (χ2v) is 5.18. The summed E-state index contributed by atoms with van der Waals surface area (Å²) in [7, 11) is 3.07. The molecule has 2 aromatic heterocycles. The van der Waals surface area contributed by atoms with E-state index in [-0.39, 0.29) is 16.8 Å². The predicted octanol–water partition coefficient (Wildman–Crippen LogP) is 3.01. The van der Waals surface area contributed by atoms with Gasteiger partial charge in [0.2, 0.25) is 0 Å². The Kier molecular flexibility index (Phi) is 3.75. The van der Waals surface area contributed by atoms with Crippen molar-refractivity contribution < 1.29 is 18.0 Å². The second-order valence-electron chi connectivity index (χ2n) is 5.18. The summed E-state index contributed by atoms with van der Waals surface area (Å²) < 4.78 is 41.2. The summed E-state index contributed by atoms with van der Waals surface area (Å²) in [4.78, 5) is 16.4. The first-order chi connectivity index (χ1) is 11.3. The van der Waals surface area contributed by atoms with Crippen LogP contribution in [0.4, 0.5) is 13.2 Å². The average Bonchev–Trinajstić information content (AvgIpc) is 2.94. The fraction of sp³-hybridized carbons (Fsp3) is 0.188. The number of fused-ring (bicyclic) bond motifs is 1. The molecule has 0 bridgehead atoms. The molecular weight excluding hydrogens is 321 g/mol. The van der Waals surface area contributed by atoms with Crippen molar-refractivity contribution in [2.45, 2.75) is 6.18 Å². The first-order valence-electron chi connectivity index (χ1n) is 7.04. The molecule has 24 heavy (non-hydrogen) atoms. The van der Waals surface area contributed by atoms with Gasteiger partial charge in [-0.25, -0.2) is 4.98 Å². The first kappa shape index (κ1) is 16.0. The molecule has 1 N–H and O–H groups in total. The number of aromatic nitrogens is 3. The van der Waals surface area contributed by atoms with E-state index in [0.717, 1.165) is 6.07 Å². The Hall–Kier alpha value is -2.90. The zero-order valence-electron chi connectivity index (χ0n) is 12.8. The number of nitrogens with one attached hydrogen (secondary N) is 1. The van der Waals surface area contributed by atoms with Crippen molar-refractivity contribution in [2.24, 2.45) is 7.05 Å². The molecule has 2 heterocycles. The molecule has 124 valence electrons. The van der Waals surface area contributed by atoms with Gasteiger partial charge in [0.05, 0.1) is 28.4 Å². The van der Waals surface area contributed by atoms with Gasteiger partial charge in [-0.05, 0) is 12.1 Å². The quantitative estimate of drug-likeness (QED) is 0.784. The highest BCUT2D eigenvalue weighted by atomic mass is 19.4. The van der Waals surface area contributed by atoms with Crippen molar-refractivity contribution in [3.8, 4) is 11.3 Å². The largest absolute Gasteiger partial charge is 0.417 e. The lowest BCUT2D eigenvalue weighted by molar-refractivity contribution is -0.137. The Morgan fingerprint density at radius 2 is 1.96 bits per heavy atom. The van der Waals surface area contributed by atoms with Gasteiger partial charge in [0.15, 0.2) is 5.65 Å². The van der Waals surface area contributed by atoms with Gasteiger partial charge in [-0.15, -0.1) is 0 Å². The number of alkyl halides is 3. The van der Waals surface area contributed by atoms with Crippen molar-refractivity contribution >= 4 is 16.9 Å². The van der Waals surface area contributed by atoms with Crippen LogP contribution in [0.1, 0.15) is 15.9 Å². The van der Waals surface area contributed by atoms with Crippen molar-refractivity contribution in [2.75, 3.05) is 7.05 Å². The lowest BCUT2D eigenvalue weighted by Crippen LogP contribution is -2.18. The average molecular weight is 334 g/mol. The molecule has 0 unspecified atom stereocenters. The van der Waals surface area contributed by atoms with Crippen LogP contribution in [-0.2, 0) is 13.2 Å². The lowest BCUT2D eigenvalue weighted by atomic mass is 10.0. The normalized spacial score (nSPS) is 11.7. The van der Waals surface area contributed by atoms with E-state index < -0.39 is 17.6 Å². The monoisotopic (exact) mass is 334 g/mol. The summed E-state index contributed by atoms with van der Waals surface area (Å²) >= 11 is 0. The summed E-state index contributed by atoms with van der Waals surface area (Å²) in [5, 5.41) is 6.99. The molecule has 3 rings (SSSR count). The summed E-state index contributed by atoms with van der Waals surface area (Å²) in [6.07, 6.45) is -3.06. The molecule has 3 aromatic rings. The lowest BCUT2D eigenvalue weighted by Gasteiger charge is -2.13. The topological polar surface area (TPSA) is 59.8 Å². The number of hydrogen-bond donors (Lipinski definition) is 1. The summed E-state index contributed by atoms with van der Waals surface area (Å²) in [6, 6.07) is 6.49. The summed E-state index contributed by atoms with van der Waals surface area (Å²) in [5.74, 6) is -0.416. The molecule has 0 aliphatic heterocycles. The van der Waals surface area contributed by atoms with Gasteiger partial charge in [-0.2, -0.15) is 18.3 Å². The SMILES string of the molecule is CNC(=O)c1cc(-c2ccccc2C(F)(F)F)nc2c1cnn2C. The Bertz CT molecular complexity index is 931. The number of aryl methyl sites for hydroxylation is 1. The van der Waals surface area contributed by atoms with Gasteiger partial charge in [0, 0.05) is 19.7 Å². The highest BCUT2D eigenvalue weighted by molar-refractivity contribution is 6.06. The van der Waals surface area contributed by atoms with Gasteiger partial charge >= 0.3 is 6.18 Å². The van der Waals surface area contributed by atoms with E-state index in [4.69, 9.17) is 0 Å². The third kappa shape index (κ3) is 2.60. The Labute approximate surface area is 135 Å². The molecule has 0 radical (unpaired) electrons. The number of halogens is 3. The molecule has 0 aliphatic rings. The van der Waals surface area contributed by atoms with Gasteiger partial charge in [0.1, 0.15) is 0 Å². The number of hydrogen-bond acceptors (Lipinski definition) is 3. The molecule has 0 atom stereocenters. The number of nitrogens with zero attached hydrogens (tertiary/aromatic N) is 3.